The van der Waals surface area contributed by atoms with E-state index in [1.807, 2.05) is 54.6 Å². The van der Waals surface area contributed by atoms with E-state index in [1.54, 1.807) is 20.8 Å². The molecule has 1 fully saturated rings. The number of alkyl halides is 3. The zero-order valence-corrected chi connectivity index (χ0v) is 29.3. The van der Waals surface area contributed by atoms with Crippen molar-refractivity contribution in [2.24, 2.45) is 0 Å². The number of carbonyl (C=O) groups is 4. The second kappa shape index (κ2) is 14.7. The Balaban J connectivity index is 1.62. The molecule has 2 N–H and O–H groups in total. The molecule has 2 aliphatic rings. The molecular weight excluding hydrogens is 665 g/mol. The molecule has 10 nitrogen and oxygen atoms in total. The number of carbonyl (C=O) groups excluding carboxylic acids is 3. The van der Waals surface area contributed by atoms with Gasteiger partial charge in [0.05, 0.1) is 22.9 Å². The van der Waals surface area contributed by atoms with E-state index in [2.05, 4.69) is 5.32 Å². The Morgan fingerprint density at radius 2 is 1.73 bits per heavy atom. The van der Waals surface area contributed by atoms with Gasteiger partial charge in [0.2, 0.25) is 5.91 Å². The fourth-order valence-corrected chi connectivity index (χ4v) is 6.94. The highest BCUT2D eigenvalue weighted by atomic mass is 19.4. The number of halogens is 3. The van der Waals surface area contributed by atoms with Crippen molar-refractivity contribution in [3.05, 3.63) is 83.4 Å². The maximum absolute atomic E-state index is 14.9. The van der Waals surface area contributed by atoms with Gasteiger partial charge in [0.1, 0.15) is 5.75 Å². The fourth-order valence-electron chi connectivity index (χ4n) is 6.94. The van der Waals surface area contributed by atoms with E-state index in [0.29, 0.717) is 6.42 Å². The quantitative estimate of drug-likeness (QED) is 0.253. The van der Waals surface area contributed by atoms with Gasteiger partial charge in [0.25, 0.3) is 11.8 Å². The topological polar surface area (TPSA) is 119 Å². The van der Waals surface area contributed by atoms with Gasteiger partial charge in [-0.15, -0.1) is 0 Å². The molecule has 13 heteroatoms. The van der Waals surface area contributed by atoms with Crippen LogP contribution in [0.25, 0.3) is 11.1 Å². The lowest BCUT2D eigenvalue weighted by molar-refractivity contribution is -0.138. The summed E-state index contributed by atoms with van der Waals surface area (Å²) in [6, 6.07) is 17.6. The van der Waals surface area contributed by atoms with Crippen LogP contribution in [0.2, 0.25) is 0 Å². The Morgan fingerprint density at radius 3 is 2.35 bits per heavy atom. The number of ether oxygens (including phenoxy) is 1. The summed E-state index contributed by atoms with van der Waals surface area (Å²) in [5.74, 6) is -2.42. The summed E-state index contributed by atoms with van der Waals surface area (Å²) in [6.45, 7) is 7.90. The number of nitrogens with zero attached hydrogens (tertiary/aromatic N) is 3. The number of carboxylic acid groups (broad SMARTS) is 1. The third-order valence-corrected chi connectivity index (χ3v) is 9.45. The SMILES string of the molecule is CCC(=O)NCCN1C(=O)C(C)(C)Oc2cc(C(F)(F)F)c(C(=O)N(C(C)C)[C@@H]3CN(C(=O)O)CC[C@H]3c3cccc(-c4ccccc4)c3)cc21. The predicted octanol–water partition coefficient (Wildman–Crippen LogP) is 6.79. The molecule has 3 aromatic rings. The summed E-state index contributed by atoms with van der Waals surface area (Å²) in [6.07, 6.45) is -5.64. The lowest BCUT2D eigenvalue weighted by Gasteiger charge is -2.46. The van der Waals surface area contributed by atoms with E-state index in [1.165, 1.54) is 28.5 Å². The van der Waals surface area contributed by atoms with Gasteiger partial charge in [0, 0.05) is 44.6 Å². The molecule has 3 aromatic carbocycles. The number of benzene rings is 3. The Labute approximate surface area is 295 Å². The van der Waals surface area contributed by atoms with Crippen molar-refractivity contribution in [3.63, 3.8) is 0 Å². The normalized spacial score (nSPS) is 18.6. The van der Waals surface area contributed by atoms with Crippen molar-refractivity contribution < 1.29 is 42.2 Å². The van der Waals surface area contributed by atoms with Crippen LogP contribution in [-0.2, 0) is 15.8 Å². The molecule has 0 aromatic heterocycles. The van der Waals surface area contributed by atoms with Crippen molar-refractivity contribution in [1.82, 2.24) is 15.1 Å². The predicted molar refractivity (Wildman–Crippen MR) is 186 cm³/mol. The summed E-state index contributed by atoms with van der Waals surface area (Å²) in [7, 11) is 0. The average Bonchev–Trinajstić information content (AvgIpc) is 3.09. The number of fused-ring (bicyclic) bond motifs is 1. The summed E-state index contributed by atoms with van der Waals surface area (Å²) in [5.41, 5.74) is -0.803. The molecule has 5 rings (SSSR count). The van der Waals surface area contributed by atoms with Crippen molar-refractivity contribution in [2.45, 2.75) is 77.2 Å². The second-order valence-corrected chi connectivity index (χ2v) is 13.6. The summed E-state index contributed by atoms with van der Waals surface area (Å²) in [5, 5.41) is 12.7. The third-order valence-electron chi connectivity index (χ3n) is 9.45. The van der Waals surface area contributed by atoms with Crippen LogP contribution in [0.4, 0.5) is 23.7 Å². The zero-order chi connectivity index (χ0) is 37.2. The second-order valence-electron chi connectivity index (χ2n) is 13.6. The molecule has 0 radical (unpaired) electrons. The van der Waals surface area contributed by atoms with Gasteiger partial charge >= 0.3 is 12.3 Å². The highest BCUT2D eigenvalue weighted by Gasteiger charge is 2.46. The van der Waals surface area contributed by atoms with Crippen LogP contribution in [0, 0.1) is 0 Å². The monoisotopic (exact) mass is 708 g/mol. The Bertz CT molecular complexity index is 1800. The molecule has 2 heterocycles. The number of likely N-dealkylation sites (tertiary alicyclic amines) is 1. The van der Waals surface area contributed by atoms with Gasteiger partial charge in [0.15, 0.2) is 5.60 Å². The minimum atomic E-state index is -4.99. The Hall–Kier alpha value is -5.07. The minimum absolute atomic E-state index is 0.0210. The number of rotatable bonds is 9. The highest BCUT2D eigenvalue weighted by Crippen LogP contribution is 2.45. The number of amides is 4. The van der Waals surface area contributed by atoms with E-state index in [9.17, 15) is 37.5 Å². The number of anilines is 1. The minimum Gasteiger partial charge on any atom is -0.476 e. The summed E-state index contributed by atoms with van der Waals surface area (Å²) >= 11 is 0. The molecule has 2 atom stereocenters. The third kappa shape index (κ3) is 7.82. The number of hydrogen-bond acceptors (Lipinski definition) is 5. The Morgan fingerprint density at radius 1 is 1.04 bits per heavy atom. The van der Waals surface area contributed by atoms with Crippen LogP contribution in [0.5, 0.6) is 5.75 Å². The first-order valence-corrected chi connectivity index (χ1v) is 17.0. The first-order valence-electron chi connectivity index (χ1n) is 17.0. The zero-order valence-electron chi connectivity index (χ0n) is 29.3. The van der Waals surface area contributed by atoms with Crippen molar-refractivity contribution in [3.8, 4) is 16.9 Å². The molecule has 272 valence electrons. The molecule has 0 spiro atoms. The van der Waals surface area contributed by atoms with Crippen LogP contribution < -0.4 is 15.0 Å². The standard InChI is InChI=1S/C38H43F3N4O6/c1-6-33(46)42-16-18-44-30-20-28(29(38(39,40)41)21-32(30)51-37(4,5)35(44)48)34(47)45(23(2)3)31-22-43(36(49)50)17-15-27(31)26-14-10-13-25(19-26)24-11-8-7-9-12-24/h7-14,19-21,23,27,31H,6,15-18,22H2,1-5H3,(H,42,46)(H,49,50)/t27-,31+/m0/s1. The molecule has 1 saturated heterocycles. The largest absolute Gasteiger partial charge is 0.476 e. The van der Waals surface area contributed by atoms with Crippen LogP contribution in [0.1, 0.15) is 74.9 Å². The van der Waals surface area contributed by atoms with Crippen molar-refractivity contribution in [2.75, 3.05) is 31.1 Å². The number of nitrogens with one attached hydrogen (secondary N) is 1. The van der Waals surface area contributed by atoms with E-state index in [0.717, 1.165) is 28.8 Å². The van der Waals surface area contributed by atoms with Crippen LogP contribution in [0.3, 0.4) is 0 Å². The molecule has 2 aliphatic heterocycles. The summed E-state index contributed by atoms with van der Waals surface area (Å²) in [4.78, 5) is 56.2. The molecule has 0 saturated carbocycles. The fraction of sp³-hybridized carbons (Fsp3) is 0.421. The van der Waals surface area contributed by atoms with E-state index < -0.39 is 58.8 Å². The lowest BCUT2D eigenvalue weighted by Crippen LogP contribution is -2.57. The number of hydrogen-bond donors (Lipinski definition) is 2. The molecular formula is C38H43F3N4O6. The average molecular weight is 709 g/mol. The first-order chi connectivity index (χ1) is 24.0. The smallest absolute Gasteiger partial charge is 0.417 e. The van der Waals surface area contributed by atoms with Crippen molar-refractivity contribution in [1.29, 1.82) is 0 Å². The van der Waals surface area contributed by atoms with Gasteiger partial charge in [-0.3, -0.25) is 14.4 Å². The van der Waals surface area contributed by atoms with Crippen molar-refractivity contribution >= 4 is 29.5 Å². The van der Waals surface area contributed by atoms with E-state index >= 15 is 0 Å². The highest BCUT2D eigenvalue weighted by molar-refractivity contribution is 6.05. The molecule has 0 aliphatic carbocycles. The molecule has 51 heavy (non-hydrogen) atoms. The number of piperidine rings is 1. The summed E-state index contributed by atoms with van der Waals surface area (Å²) < 4.78 is 50.4. The maximum Gasteiger partial charge on any atom is 0.417 e. The van der Waals surface area contributed by atoms with Gasteiger partial charge in [-0.2, -0.15) is 13.2 Å². The molecule has 0 bridgehead atoms. The van der Waals surface area contributed by atoms with E-state index in [-0.39, 0.29) is 49.9 Å². The van der Waals surface area contributed by atoms with Gasteiger partial charge < -0.3 is 29.9 Å². The van der Waals surface area contributed by atoms with Crippen LogP contribution in [-0.4, -0.2) is 82.6 Å². The van der Waals surface area contributed by atoms with Gasteiger partial charge in [-0.25, -0.2) is 4.79 Å². The Kier molecular flexibility index (Phi) is 10.7. The van der Waals surface area contributed by atoms with Crippen LogP contribution in [0.15, 0.2) is 66.7 Å². The van der Waals surface area contributed by atoms with Crippen LogP contribution >= 0.6 is 0 Å². The molecule has 4 amide bonds. The lowest BCUT2D eigenvalue weighted by atomic mass is 9.82. The maximum atomic E-state index is 14.9. The van der Waals surface area contributed by atoms with E-state index in [4.69, 9.17) is 4.74 Å². The van der Waals surface area contributed by atoms with Gasteiger partial charge in [-0.1, -0.05) is 61.5 Å². The first kappa shape index (κ1) is 37.2. The molecule has 0 unspecified atom stereocenters. The van der Waals surface area contributed by atoms with Gasteiger partial charge in [-0.05, 0) is 62.9 Å².